The van der Waals surface area contributed by atoms with Gasteiger partial charge in [-0.2, -0.15) is 0 Å². The zero-order valence-electron chi connectivity index (χ0n) is 9.34. The van der Waals surface area contributed by atoms with E-state index in [0.717, 1.165) is 11.3 Å². The molecule has 1 heterocycles. The summed E-state index contributed by atoms with van der Waals surface area (Å²) in [5.74, 6) is 1.03. The molecule has 0 fully saturated rings. The number of rotatable bonds is 2. The van der Waals surface area contributed by atoms with Crippen LogP contribution in [0.25, 0.3) is 11.0 Å². The molecule has 7 heteroatoms. The first kappa shape index (κ1) is 14.3. The molecule has 4 nitrogen and oxygen atoms in total. The van der Waals surface area contributed by atoms with Gasteiger partial charge in [-0.3, -0.25) is 0 Å². The van der Waals surface area contributed by atoms with Gasteiger partial charge in [-0.15, -0.1) is 24.0 Å². The Morgan fingerprint density at radius 2 is 2.06 bits per heavy atom. The number of hydrogen-bond acceptors (Lipinski definition) is 3. The molecule has 0 spiro atoms. The number of aromatic nitrogens is 2. The highest BCUT2D eigenvalue weighted by Crippen LogP contribution is 2.20. The maximum absolute atomic E-state index is 11.4. The van der Waals surface area contributed by atoms with Gasteiger partial charge in [0.2, 0.25) is 0 Å². The van der Waals surface area contributed by atoms with E-state index < -0.39 is 9.84 Å². The van der Waals surface area contributed by atoms with E-state index in [9.17, 15) is 8.42 Å². The smallest absolute Gasteiger partial charge is 0.175 e. The number of fused-ring (bicyclic) bond motifs is 1. The third-order valence-corrected chi connectivity index (χ3v) is 3.84. The van der Waals surface area contributed by atoms with Crippen molar-refractivity contribution < 1.29 is 8.42 Å². The minimum Gasteiger partial charge on any atom is -0.330 e. The van der Waals surface area contributed by atoms with Crippen LogP contribution in [-0.2, 0) is 22.8 Å². The van der Waals surface area contributed by atoms with Crippen molar-refractivity contribution >= 4 is 44.9 Å². The van der Waals surface area contributed by atoms with Crippen molar-refractivity contribution in [1.29, 1.82) is 0 Å². The van der Waals surface area contributed by atoms with Crippen LogP contribution in [0.5, 0.6) is 0 Å². The van der Waals surface area contributed by atoms with Crippen LogP contribution in [0.1, 0.15) is 5.82 Å². The third kappa shape index (κ3) is 2.56. The summed E-state index contributed by atoms with van der Waals surface area (Å²) >= 11 is 5.73. The summed E-state index contributed by atoms with van der Waals surface area (Å²) in [6, 6.07) is 4.90. The van der Waals surface area contributed by atoms with E-state index in [-0.39, 0.29) is 17.3 Å². The van der Waals surface area contributed by atoms with Crippen molar-refractivity contribution in [2.75, 3.05) is 6.26 Å². The molecule has 0 saturated heterocycles. The highest BCUT2D eigenvalue weighted by molar-refractivity contribution is 7.90. The van der Waals surface area contributed by atoms with Crippen LogP contribution in [0.4, 0.5) is 0 Å². The molecule has 0 aliphatic rings. The average molecular weight is 295 g/mol. The van der Waals surface area contributed by atoms with Crippen LogP contribution in [0, 0.1) is 0 Å². The van der Waals surface area contributed by atoms with Crippen LogP contribution in [0.15, 0.2) is 23.1 Å². The van der Waals surface area contributed by atoms with Crippen LogP contribution in [-0.4, -0.2) is 24.2 Å². The number of alkyl halides is 1. The monoisotopic (exact) mass is 294 g/mol. The first-order chi connectivity index (χ1) is 7.43. The minimum absolute atomic E-state index is 0. The van der Waals surface area contributed by atoms with Crippen molar-refractivity contribution in [2.24, 2.45) is 7.05 Å². The van der Waals surface area contributed by atoms with E-state index in [0.29, 0.717) is 11.4 Å². The molecule has 0 N–H and O–H groups in total. The summed E-state index contributed by atoms with van der Waals surface area (Å²) in [7, 11) is -1.33. The minimum atomic E-state index is -3.19. The SMILES string of the molecule is Cl.Cn1c(CCl)nc2cc(S(C)(=O)=O)ccc21. The topological polar surface area (TPSA) is 52.0 Å². The predicted molar refractivity (Wildman–Crippen MR) is 70.6 cm³/mol. The van der Waals surface area contributed by atoms with Crippen molar-refractivity contribution in [3.05, 3.63) is 24.0 Å². The number of aryl methyl sites for hydroxylation is 1. The van der Waals surface area contributed by atoms with Gasteiger partial charge in [0.1, 0.15) is 5.82 Å². The Morgan fingerprint density at radius 3 is 2.59 bits per heavy atom. The summed E-state index contributed by atoms with van der Waals surface area (Å²) in [6.45, 7) is 0. The molecule has 0 bridgehead atoms. The molecule has 0 aliphatic heterocycles. The zero-order valence-corrected chi connectivity index (χ0v) is 11.7. The average Bonchev–Trinajstić information content (AvgIpc) is 2.54. The van der Waals surface area contributed by atoms with Crippen molar-refractivity contribution in [3.63, 3.8) is 0 Å². The highest BCUT2D eigenvalue weighted by Gasteiger charge is 2.11. The molecule has 0 saturated carbocycles. The molecular weight excluding hydrogens is 283 g/mol. The Hall–Kier alpha value is -0.780. The highest BCUT2D eigenvalue weighted by atomic mass is 35.5. The number of halogens is 2. The Morgan fingerprint density at radius 1 is 1.41 bits per heavy atom. The van der Waals surface area contributed by atoms with E-state index in [1.807, 2.05) is 11.6 Å². The number of benzene rings is 1. The Kier molecular flexibility index (Phi) is 4.06. The van der Waals surface area contributed by atoms with Gasteiger partial charge >= 0.3 is 0 Å². The summed E-state index contributed by atoms with van der Waals surface area (Å²) in [6.07, 6.45) is 1.18. The summed E-state index contributed by atoms with van der Waals surface area (Å²) in [4.78, 5) is 4.55. The fraction of sp³-hybridized carbons (Fsp3) is 0.300. The normalized spacial score (nSPS) is 11.5. The lowest BCUT2D eigenvalue weighted by molar-refractivity contribution is 0.602. The number of imidazole rings is 1. The van der Waals surface area contributed by atoms with E-state index in [1.165, 1.54) is 6.26 Å². The van der Waals surface area contributed by atoms with Crippen LogP contribution >= 0.6 is 24.0 Å². The summed E-state index contributed by atoms with van der Waals surface area (Å²) in [5.41, 5.74) is 1.53. The lowest BCUT2D eigenvalue weighted by atomic mass is 10.3. The number of nitrogens with zero attached hydrogens (tertiary/aromatic N) is 2. The Bertz CT molecular complexity index is 650. The molecule has 17 heavy (non-hydrogen) atoms. The second-order valence-electron chi connectivity index (χ2n) is 3.64. The molecule has 1 aromatic heterocycles. The van der Waals surface area contributed by atoms with E-state index >= 15 is 0 Å². The Balaban J connectivity index is 0.00000144. The first-order valence-electron chi connectivity index (χ1n) is 4.65. The maximum Gasteiger partial charge on any atom is 0.175 e. The van der Waals surface area contributed by atoms with Gasteiger partial charge in [0.05, 0.1) is 21.8 Å². The largest absolute Gasteiger partial charge is 0.330 e. The molecule has 1 aromatic carbocycles. The van der Waals surface area contributed by atoms with E-state index in [4.69, 9.17) is 11.6 Å². The van der Waals surface area contributed by atoms with Gasteiger partial charge < -0.3 is 4.57 Å². The molecule has 0 atom stereocenters. The van der Waals surface area contributed by atoms with Gasteiger partial charge in [0.25, 0.3) is 0 Å². The lowest BCUT2D eigenvalue weighted by Gasteiger charge is -1.99. The fourth-order valence-electron chi connectivity index (χ4n) is 1.58. The van der Waals surface area contributed by atoms with Crippen LogP contribution in [0.3, 0.4) is 0 Å². The molecule has 0 unspecified atom stereocenters. The predicted octanol–water partition coefficient (Wildman–Crippen LogP) is 2.14. The standard InChI is InChI=1S/C10H11ClN2O2S.ClH/c1-13-9-4-3-7(16(2,14)15)5-8(9)12-10(13)6-11;/h3-5H,6H2,1-2H3;1H. The summed E-state index contributed by atoms with van der Waals surface area (Å²) < 4.78 is 24.6. The number of sulfone groups is 1. The number of hydrogen-bond donors (Lipinski definition) is 0. The fourth-order valence-corrected chi connectivity index (χ4v) is 2.46. The molecule has 0 radical (unpaired) electrons. The van der Waals surface area contributed by atoms with Crippen molar-refractivity contribution in [3.8, 4) is 0 Å². The van der Waals surface area contributed by atoms with Crippen LogP contribution in [0.2, 0.25) is 0 Å². The molecule has 2 aromatic rings. The second kappa shape index (κ2) is 4.84. The zero-order chi connectivity index (χ0) is 11.9. The van der Waals surface area contributed by atoms with Crippen molar-refractivity contribution in [2.45, 2.75) is 10.8 Å². The first-order valence-corrected chi connectivity index (χ1v) is 7.07. The van der Waals surface area contributed by atoms with Gasteiger partial charge in [-0.1, -0.05) is 0 Å². The third-order valence-electron chi connectivity index (χ3n) is 2.49. The van der Waals surface area contributed by atoms with Crippen molar-refractivity contribution in [1.82, 2.24) is 9.55 Å². The quantitative estimate of drug-likeness (QED) is 0.798. The van der Waals surface area contributed by atoms with Gasteiger partial charge in [0, 0.05) is 13.3 Å². The molecule has 0 aliphatic carbocycles. The Labute approximate surface area is 111 Å². The summed E-state index contributed by atoms with van der Waals surface area (Å²) in [5, 5.41) is 0. The maximum atomic E-state index is 11.4. The van der Waals surface area contributed by atoms with Gasteiger partial charge in [0.15, 0.2) is 9.84 Å². The molecule has 2 rings (SSSR count). The lowest BCUT2D eigenvalue weighted by Crippen LogP contribution is -1.97. The van der Waals surface area contributed by atoms with E-state index in [2.05, 4.69) is 4.98 Å². The van der Waals surface area contributed by atoms with Crippen LogP contribution < -0.4 is 0 Å². The molecular formula is C10H12Cl2N2O2S. The van der Waals surface area contributed by atoms with Gasteiger partial charge in [-0.05, 0) is 18.2 Å². The second-order valence-corrected chi connectivity index (χ2v) is 5.93. The molecule has 0 amide bonds. The van der Waals surface area contributed by atoms with Gasteiger partial charge in [-0.25, -0.2) is 13.4 Å². The molecule has 94 valence electrons. The van der Waals surface area contributed by atoms with E-state index in [1.54, 1.807) is 18.2 Å².